The molecule has 0 fully saturated rings. The molecule has 4 heteroatoms. The Morgan fingerprint density at radius 3 is 3.17 bits per heavy atom. The molecule has 2 aliphatic rings. The topological polar surface area (TPSA) is 54.7 Å². The maximum absolute atomic E-state index is 7.34. The summed E-state index contributed by atoms with van der Waals surface area (Å²) in [6.07, 6.45) is 3.24. The van der Waals surface area contributed by atoms with Gasteiger partial charge in [0.1, 0.15) is 11.3 Å². The van der Waals surface area contributed by atoms with Crippen molar-refractivity contribution in [2.75, 3.05) is 20.3 Å². The zero-order valence-corrected chi connectivity index (χ0v) is 10.4. The zero-order valence-electron chi connectivity index (χ0n) is 10.4. The van der Waals surface area contributed by atoms with Gasteiger partial charge in [-0.2, -0.15) is 0 Å². The number of ether oxygens (including phenoxy) is 2. The molecule has 0 amide bonds. The molecule has 1 heterocycles. The minimum absolute atomic E-state index is 0.271. The molecule has 0 bridgehead atoms. The summed E-state index contributed by atoms with van der Waals surface area (Å²) in [5, 5.41) is 7.34. The number of aliphatic imine (C=N–C) groups is 1. The largest absolute Gasteiger partial charge is 0.497 e. The van der Waals surface area contributed by atoms with Gasteiger partial charge in [0, 0.05) is 6.21 Å². The Morgan fingerprint density at radius 1 is 1.50 bits per heavy atom. The SMILES string of the molecule is COc1ccc2c(c1)CCC21COCC(C=N)=N1. The minimum Gasteiger partial charge on any atom is -0.497 e. The van der Waals surface area contributed by atoms with Crippen LogP contribution in [0.5, 0.6) is 5.75 Å². The molecule has 1 N–H and O–H groups in total. The quantitative estimate of drug-likeness (QED) is 0.808. The Labute approximate surface area is 106 Å². The van der Waals surface area contributed by atoms with Crippen LogP contribution >= 0.6 is 0 Å². The standard InChI is InChI=1S/C14H16N2O2/c1-17-12-2-3-13-10(6-12)4-5-14(13)9-18-8-11(7-15)16-14/h2-3,6-7,15H,4-5,8-9H2,1H3. The number of nitrogens with zero attached hydrogens (tertiary/aromatic N) is 1. The highest BCUT2D eigenvalue weighted by atomic mass is 16.5. The predicted octanol–water partition coefficient (Wildman–Crippen LogP) is 1.96. The van der Waals surface area contributed by atoms with Crippen LogP contribution in [0.4, 0.5) is 0 Å². The van der Waals surface area contributed by atoms with Crippen molar-refractivity contribution in [3.8, 4) is 5.75 Å². The van der Waals surface area contributed by atoms with Gasteiger partial charge in [-0.3, -0.25) is 4.99 Å². The van der Waals surface area contributed by atoms with Gasteiger partial charge in [0.25, 0.3) is 0 Å². The number of nitrogens with one attached hydrogen (secondary N) is 1. The molecular weight excluding hydrogens is 228 g/mol. The first-order chi connectivity index (χ1) is 8.77. The molecule has 18 heavy (non-hydrogen) atoms. The number of hydrogen-bond acceptors (Lipinski definition) is 4. The summed E-state index contributed by atoms with van der Waals surface area (Å²) in [4.78, 5) is 4.74. The summed E-state index contributed by atoms with van der Waals surface area (Å²) >= 11 is 0. The van der Waals surface area contributed by atoms with Crippen molar-refractivity contribution < 1.29 is 9.47 Å². The fraction of sp³-hybridized carbons (Fsp3) is 0.429. The van der Waals surface area contributed by atoms with Gasteiger partial charge in [-0.05, 0) is 36.1 Å². The highest BCUT2D eigenvalue weighted by Crippen LogP contribution is 2.42. The Morgan fingerprint density at radius 2 is 2.39 bits per heavy atom. The Kier molecular flexibility index (Phi) is 2.67. The number of aryl methyl sites for hydroxylation is 1. The summed E-state index contributed by atoms with van der Waals surface area (Å²) in [6.45, 7) is 1.07. The fourth-order valence-electron chi connectivity index (χ4n) is 2.84. The van der Waals surface area contributed by atoms with E-state index in [1.165, 1.54) is 17.3 Å². The molecule has 0 aromatic heterocycles. The molecule has 1 unspecified atom stereocenters. The molecule has 1 atom stereocenters. The summed E-state index contributed by atoms with van der Waals surface area (Å²) in [5.74, 6) is 0.888. The van der Waals surface area contributed by atoms with Crippen LogP contribution in [-0.4, -0.2) is 32.2 Å². The minimum atomic E-state index is -0.271. The van der Waals surface area contributed by atoms with E-state index in [2.05, 4.69) is 12.1 Å². The second kappa shape index (κ2) is 4.21. The molecule has 1 aromatic rings. The number of fused-ring (bicyclic) bond motifs is 2. The molecule has 0 radical (unpaired) electrons. The van der Waals surface area contributed by atoms with Crippen LogP contribution in [0.1, 0.15) is 17.5 Å². The van der Waals surface area contributed by atoms with E-state index in [1.807, 2.05) is 6.07 Å². The third-order valence-corrected chi connectivity index (χ3v) is 3.74. The number of hydrogen-bond donors (Lipinski definition) is 1. The normalized spacial score (nSPS) is 25.7. The van der Waals surface area contributed by atoms with Gasteiger partial charge in [0.15, 0.2) is 0 Å². The van der Waals surface area contributed by atoms with Crippen molar-refractivity contribution in [2.24, 2.45) is 4.99 Å². The van der Waals surface area contributed by atoms with Crippen molar-refractivity contribution in [2.45, 2.75) is 18.4 Å². The van der Waals surface area contributed by atoms with E-state index in [4.69, 9.17) is 19.9 Å². The molecule has 0 saturated carbocycles. The van der Waals surface area contributed by atoms with E-state index in [0.29, 0.717) is 13.2 Å². The monoisotopic (exact) mass is 244 g/mol. The van der Waals surface area contributed by atoms with Gasteiger partial charge in [-0.25, -0.2) is 0 Å². The lowest BCUT2D eigenvalue weighted by Crippen LogP contribution is -2.35. The average Bonchev–Trinajstić information content (AvgIpc) is 2.77. The Bertz CT molecular complexity index is 525. The molecule has 1 aromatic carbocycles. The summed E-state index contributed by atoms with van der Waals surface area (Å²) in [5.41, 5.74) is 2.97. The van der Waals surface area contributed by atoms with Gasteiger partial charge >= 0.3 is 0 Å². The van der Waals surface area contributed by atoms with E-state index in [9.17, 15) is 0 Å². The van der Waals surface area contributed by atoms with Crippen LogP contribution in [0, 0.1) is 5.41 Å². The molecule has 4 nitrogen and oxygen atoms in total. The summed E-state index contributed by atoms with van der Waals surface area (Å²) in [6, 6.07) is 6.14. The first-order valence-electron chi connectivity index (χ1n) is 6.12. The van der Waals surface area contributed by atoms with Crippen molar-refractivity contribution in [3.63, 3.8) is 0 Å². The van der Waals surface area contributed by atoms with E-state index in [0.717, 1.165) is 24.3 Å². The van der Waals surface area contributed by atoms with E-state index >= 15 is 0 Å². The average molecular weight is 244 g/mol. The van der Waals surface area contributed by atoms with Crippen molar-refractivity contribution >= 4 is 11.9 Å². The van der Waals surface area contributed by atoms with Crippen LogP contribution in [-0.2, 0) is 16.7 Å². The molecule has 1 spiro atoms. The highest BCUT2D eigenvalue weighted by molar-refractivity contribution is 6.30. The van der Waals surface area contributed by atoms with E-state index in [-0.39, 0.29) is 5.54 Å². The molecule has 3 rings (SSSR count). The van der Waals surface area contributed by atoms with Crippen LogP contribution in [0.2, 0.25) is 0 Å². The molecule has 1 aliphatic carbocycles. The van der Waals surface area contributed by atoms with Crippen molar-refractivity contribution in [3.05, 3.63) is 29.3 Å². The van der Waals surface area contributed by atoms with E-state index < -0.39 is 0 Å². The Balaban J connectivity index is 2.06. The van der Waals surface area contributed by atoms with Crippen molar-refractivity contribution in [1.29, 1.82) is 5.41 Å². The zero-order chi connectivity index (χ0) is 12.6. The first-order valence-corrected chi connectivity index (χ1v) is 6.12. The highest BCUT2D eigenvalue weighted by Gasteiger charge is 2.41. The van der Waals surface area contributed by atoms with Gasteiger partial charge < -0.3 is 14.9 Å². The summed E-state index contributed by atoms with van der Waals surface area (Å²) in [7, 11) is 1.68. The van der Waals surface area contributed by atoms with Crippen LogP contribution in [0.15, 0.2) is 23.2 Å². The third-order valence-electron chi connectivity index (χ3n) is 3.74. The first kappa shape index (κ1) is 11.4. The third kappa shape index (κ3) is 1.64. The lowest BCUT2D eigenvalue weighted by Gasteiger charge is -2.30. The summed E-state index contributed by atoms with van der Waals surface area (Å²) < 4.78 is 10.9. The predicted molar refractivity (Wildman–Crippen MR) is 70.0 cm³/mol. The lowest BCUT2D eigenvalue weighted by molar-refractivity contribution is 0.100. The van der Waals surface area contributed by atoms with Gasteiger partial charge in [0.2, 0.25) is 0 Å². The second-order valence-corrected chi connectivity index (χ2v) is 4.79. The lowest BCUT2D eigenvalue weighted by atomic mass is 9.92. The van der Waals surface area contributed by atoms with Crippen LogP contribution < -0.4 is 4.74 Å². The van der Waals surface area contributed by atoms with Crippen LogP contribution in [0.3, 0.4) is 0 Å². The van der Waals surface area contributed by atoms with Crippen molar-refractivity contribution in [1.82, 2.24) is 0 Å². The maximum atomic E-state index is 7.34. The number of methoxy groups -OCH3 is 1. The molecular formula is C14H16N2O2. The van der Waals surface area contributed by atoms with Gasteiger partial charge in [-0.15, -0.1) is 0 Å². The van der Waals surface area contributed by atoms with Crippen LogP contribution in [0.25, 0.3) is 0 Å². The van der Waals surface area contributed by atoms with E-state index in [1.54, 1.807) is 7.11 Å². The molecule has 1 aliphatic heterocycles. The number of rotatable bonds is 2. The maximum Gasteiger partial charge on any atom is 0.119 e. The fourth-order valence-corrected chi connectivity index (χ4v) is 2.84. The molecule has 94 valence electrons. The van der Waals surface area contributed by atoms with Gasteiger partial charge in [-0.1, -0.05) is 6.07 Å². The molecule has 0 saturated heterocycles. The Hall–Kier alpha value is -1.68. The number of benzene rings is 1. The van der Waals surface area contributed by atoms with Gasteiger partial charge in [0.05, 0.1) is 26.0 Å². The second-order valence-electron chi connectivity index (χ2n) is 4.79. The smallest absolute Gasteiger partial charge is 0.119 e.